The number of ether oxygens (including phenoxy) is 1. The second-order valence-corrected chi connectivity index (χ2v) is 6.89. The van der Waals surface area contributed by atoms with Crippen LogP contribution in [0.25, 0.3) is 0 Å². The van der Waals surface area contributed by atoms with Crippen molar-refractivity contribution in [2.24, 2.45) is 0 Å². The van der Waals surface area contributed by atoms with Gasteiger partial charge < -0.3 is 9.64 Å². The lowest BCUT2D eigenvalue weighted by Crippen LogP contribution is -2.39. The molecule has 2 aliphatic heterocycles. The highest BCUT2D eigenvalue weighted by Crippen LogP contribution is 2.29. The molecule has 0 spiro atoms. The van der Waals surface area contributed by atoms with Crippen LogP contribution in [0.5, 0.6) is 5.88 Å². The first-order valence-electron chi connectivity index (χ1n) is 8.94. The molecule has 1 aromatic heterocycles. The van der Waals surface area contributed by atoms with E-state index < -0.39 is 0 Å². The zero-order valence-corrected chi connectivity index (χ0v) is 13.8. The summed E-state index contributed by atoms with van der Waals surface area (Å²) >= 11 is 0. The van der Waals surface area contributed by atoms with Crippen molar-refractivity contribution in [2.45, 2.75) is 51.2 Å². The Morgan fingerprint density at radius 2 is 2.13 bits per heavy atom. The molecule has 1 aliphatic carbocycles. The Balaban J connectivity index is 1.42. The van der Waals surface area contributed by atoms with E-state index in [0.717, 1.165) is 56.3 Å². The minimum atomic E-state index is 0.102. The average molecular weight is 315 g/mol. The maximum atomic E-state index is 12.3. The molecule has 1 aromatic rings. The highest BCUT2D eigenvalue weighted by atomic mass is 16.5. The van der Waals surface area contributed by atoms with Gasteiger partial charge in [0.15, 0.2) is 0 Å². The Bertz CT molecular complexity index is 600. The number of amides is 1. The molecule has 1 atom stereocenters. The van der Waals surface area contributed by atoms with Gasteiger partial charge in [0, 0.05) is 44.7 Å². The van der Waals surface area contributed by atoms with Gasteiger partial charge >= 0.3 is 0 Å². The molecule has 2 fully saturated rings. The van der Waals surface area contributed by atoms with Crippen molar-refractivity contribution in [2.75, 3.05) is 26.2 Å². The molecule has 1 saturated heterocycles. The summed E-state index contributed by atoms with van der Waals surface area (Å²) in [5.74, 6) is 0.784. The third-order valence-corrected chi connectivity index (χ3v) is 5.52. The quantitative estimate of drug-likeness (QED) is 0.854. The van der Waals surface area contributed by atoms with Gasteiger partial charge in [-0.05, 0) is 32.3 Å². The molecule has 0 N–H and O–H groups in total. The molecule has 0 aromatic carbocycles. The molecule has 5 nitrogen and oxygen atoms in total. The third-order valence-electron chi connectivity index (χ3n) is 5.52. The summed E-state index contributed by atoms with van der Waals surface area (Å²) in [6, 6.07) is 4.54. The molecule has 0 radical (unpaired) electrons. The van der Waals surface area contributed by atoms with Gasteiger partial charge in [-0.1, -0.05) is 6.42 Å². The van der Waals surface area contributed by atoms with E-state index in [2.05, 4.69) is 9.88 Å². The molecule has 23 heavy (non-hydrogen) atoms. The largest absolute Gasteiger partial charge is 0.473 e. The van der Waals surface area contributed by atoms with E-state index >= 15 is 0 Å². The number of likely N-dealkylation sites (tertiary alicyclic amines) is 1. The predicted octanol–water partition coefficient (Wildman–Crippen LogP) is 2.11. The minimum absolute atomic E-state index is 0.102. The Hall–Kier alpha value is -1.62. The van der Waals surface area contributed by atoms with Crippen LogP contribution in [0.4, 0.5) is 0 Å². The summed E-state index contributed by atoms with van der Waals surface area (Å²) in [6.45, 7) is 5.70. The molecule has 3 aliphatic rings. The smallest absolute Gasteiger partial charge is 0.255 e. The van der Waals surface area contributed by atoms with E-state index in [4.69, 9.17) is 4.74 Å². The fourth-order valence-electron chi connectivity index (χ4n) is 3.85. The van der Waals surface area contributed by atoms with Gasteiger partial charge in [-0.2, -0.15) is 0 Å². The maximum Gasteiger partial charge on any atom is 0.255 e. The lowest BCUT2D eigenvalue weighted by molar-refractivity contribution is 0.0746. The van der Waals surface area contributed by atoms with E-state index in [1.165, 1.54) is 19.3 Å². The summed E-state index contributed by atoms with van der Waals surface area (Å²) in [5, 5.41) is 0. The van der Waals surface area contributed by atoms with Gasteiger partial charge in [-0.25, -0.2) is 4.98 Å². The summed E-state index contributed by atoms with van der Waals surface area (Å²) in [6.07, 6.45) is 6.22. The molecule has 1 amide bonds. The molecule has 3 heterocycles. The van der Waals surface area contributed by atoms with Gasteiger partial charge in [0.1, 0.15) is 6.10 Å². The molecule has 0 unspecified atom stereocenters. The normalized spacial score (nSPS) is 25.3. The van der Waals surface area contributed by atoms with Gasteiger partial charge in [0.05, 0.1) is 11.3 Å². The first-order chi connectivity index (χ1) is 11.2. The number of pyridine rings is 1. The zero-order chi connectivity index (χ0) is 15.8. The van der Waals surface area contributed by atoms with Crippen LogP contribution in [0.1, 0.15) is 48.7 Å². The summed E-state index contributed by atoms with van der Waals surface area (Å²) in [5.41, 5.74) is 1.64. The lowest BCUT2D eigenvalue weighted by Gasteiger charge is -2.34. The molecule has 1 saturated carbocycles. The van der Waals surface area contributed by atoms with Crippen molar-refractivity contribution in [3.63, 3.8) is 0 Å². The van der Waals surface area contributed by atoms with Crippen LogP contribution in [0.3, 0.4) is 0 Å². The molecule has 5 heteroatoms. The van der Waals surface area contributed by atoms with Gasteiger partial charge in [0.2, 0.25) is 5.88 Å². The Morgan fingerprint density at radius 3 is 2.87 bits per heavy atom. The molecule has 124 valence electrons. The van der Waals surface area contributed by atoms with Crippen LogP contribution in [0.15, 0.2) is 12.1 Å². The van der Waals surface area contributed by atoms with Crippen molar-refractivity contribution < 1.29 is 9.53 Å². The Morgan fingerprint density at radius 1 is 1.26 bits per heavy atom. The van der Waals surface area contributed by atoms with Crippen LogP contribution < -0.4 is 4.74 Å². The van der Waals surface area contributed by atoms with Gasteiger partial charge in [-0.3, -0.25) is 9.69 Å². The average Bonchev–Trinajstić information content (AvgIpc) is 2.94. The van der Waals surface area contributed by atoms with Crippen LogP contribution in [-0.2, 0) is 6.42 Å². The van der Waals surface area contributed by atoms with Crippen LogP contribution in [-0.4, -0.2) is 59.0 Å². The highest BCUT2D eigenvalue weighted by molar-refractivity contribution is 5.96. The fourth-order valence-corrected chi connectivity index (χ4v) is 3.85. The molecular formula is C18H25N3O2. The number of carbonyl (C=O) groups is 1. The minimum Gasteiger partial charge on any atom is -0.473 e. The SMILES string of the molecule is CCN1CCc2nc(O[C@H]3CCN(C4CCC4)C3)ccc2C1=O. The van der Waals surface area contributed by atoms with Crippen LogP contribution in [0, 0.1) is 0 Å². The maximum absolute atomic E-state index is 12.3. The number of hydrogen-bond donors (Lipinski definition) is 0. The summed E-state index contributed by atoms with van der Waals surface area (Å²) in [7, 11) is 0. The third kappa shape index (κ3) is 2.82. The van der Waals surface area contributed by atoms with Gasteiger partial charge in [0.25, 0.3) is 5.91 Å². The monoisotopic (exact) mass is 315 g/mol. The predicted molar refractivity (Wildman–Crippen MR) is 87.8 cm³/mol. The lowest BCUT2D eigenvalue weighted by atomic mass is 9.92. The van der Waals surface area contributed by atoms with Crippen molar-refractivity contribution >= 4 is 5.91 Å². The van der Waals surface area contributed by atoms with Gasteiger partial charge in [-0.15, -0.1) is 0 Å². The topological polar surface area (TPSA) is 45.7 Å². The molecular weight excluding hydrogens is 290 g/mol. The summed E-state index contributed by atoms with van der Waals surface area (Å²) in [4.78, 5) is 21.3. The Labute approximate surface area is 137 Å². The number of hydrogen-bond acceptors (Lipinski definition) is 4. The second-order valence-electron chi connectivity index (χ2n) is 6.89. The second kappa shape index (κ2) is 6.11. The van der Waals surface area contributed by atoms with E-state index in [9.17, 15) is 4.79 Å². The van der Waals surface area contributed by atoms with E-state index in [0.29, 0.717) is 5.88 Å². The number of aromatic nitrogens is 1. The molecule has 0 bridgehead atoms. The van der Waals surface area contributed by atoms with E-state index in [-0.39, 0.29) is 12.0 Å². The highest BCUT2D eigenvalue weighted by Gasteiger charge is 2.33. The van der Waals surface area contributed by atoms with Crippen molar-refractivity contribution in [3.8, 4) is 5.88 Å². The van der Waals surface area contributed by atoms with Crippen molar-refractivity contribution in [3.05, 3.63) is 23.4 Å². The first kappa shape index (κ1) is 14.9. The van der Waals surface area contributed by atoms with Crippen LogP contribution in [0.2, 0.25) is 0 Å². The molecule has 4 rings (SSSR count). The number of rotatable bonds is 4. The summed E-state index contributed by atoms with van der Waals surface area (Å²) < 4.78 is 6.10. The Kier molecular flexibility index (Phi) is 3.97. The standard InChI is InChI=1S/C18H25N3O2/c1-2-20-11-9-16-15(18(20)22)6-7-17(19-16)23-14-8-10-21(12-14)13-4-3-5-13/h6-7,13-14H,2-5,8-12H2,1H3/t14-/m0/s1. The van der Waals surface area contributed by atoms with Crippen molar-refractivity contribution in [1.29, 1.82) is 0 Å². The number of nitrogens with zero attached hydrogens (tertiary/aromatic N) is 3. The van der Waals surface area contributed by atoms with Crippen molar-refractivity contribution in [1.82, 2.24) is 14.8 Å². The van der Waals surface area contributed by atoms with Crippen LogP contribution >= 0.6 is 0 Å². The fraction of sp³-hybridized carbons (Fsp3) is 0.667. The first-order valence-corrected chi connectivity index (χ1v) is 8.94. The van der Waals surface area contributed by atoms with E-state index in [1.54, 1.807) is 0 Å². The van der Waals surface area contributed by atoms with E-state index in [1.807, 2.05) is 24.0 Å². The number of fused-ring (bicyclic) bond motifs is 1. The number of likely N-dealkylation sites (N-methyl/N-ethyl adjacent to an activating group) is 1. The number of carbonyl (C=O) groups excluding carboxylic acids is 1. The zero-order valence-electron chi connectivity index (χ0n) is 13.8.